The topological polar surface area (TPSA) is 46.5 Å². The molecule has 0 aliphatic heterocycles. The van der Waals surface area contributed by atoms with E-state index in [1.54, 1.807) is 0 Å². The average Bonchev–Trinajstić information content (AvgIpc) is 2.94. The Morgan fingerprint density at radius 3 is 2.05 bits per heavy atom. The van der Waals surface area contributed by atoms with Gasteiger partial charge in [0.1, 0.15) is 6.61 Å². The molecule has 1 aromatic carbocycles. The van der Waals surface area contributed by atoms with Gasteiger partial charge in [0.15, 0.2) is 0 Å². The second-order valence-corrected chi connectivity index (χ2v) is 12.0. The first-order chi connectivity index (χ1) is 18.5. The first-order valence-corrected chi connectivity index (χ1v) is 14.8. The number of carbonyl (C=O) groups is 1. The van der Waals surface area contributed by atoms with Gasteiger partial charge in [-0.05, 0) is 68.8 Å². The molecule has 2 aliphatic carbocycles. The van der Waals surface area contributed by atoms with E-state index in [0.29, 0.717) is 30.2 Å². The van der Waals surface area contributed by atoms with Crippen LogP contribution in [0.2, 0.25) is 0 Å². The second-order valence-electron chi connectivity index (χ2n) is 12.0. The smallest absolute Gasteiger partial charge is 0.335 e. The largest absolute Gasteiger partial charge is 0.462 e. The molecule has 0 bridgehead atoms. The van der Waals surface area contributed by atoms with Gasteiger partial charge in [-0.2, -0.15) is 17.6 Å². The van der Waals surface area contributed by atoms with Gasteiger partial charge in [0.2, 0.25) is 0 Å². The lowest BCUT2D eigenvalue weighted by molar-refractivity contribution is -0.249. The summed E-state index contributed by atoms with van der Waals surface area (Å²) in [5, 5.41) is 9.65. The van der Waals surface area contributed by atoms with Crippen LogP contribution >= 0.6 is 0 Å². The van der Waals surface area contributed by atoms with Crippen LogP contribution in [0.15, 0.2) is 36.4 Å². The lowest BCUT2D eigenvalue weighted by atomic mass is 9.67. The molecule has 1 aromatic rings. The standard InChI is InChI=1S/C32H46F4O3/c1-4-5-6-7-23-8-10-24(11-9-23)25-12-16-28(17-13-25)31(33,34)32(35,36)29-18-14-26(15-19-29)27(20-37)21-39-30(38)22(2)3/h14-15,18-19,23-25,27-28,37H,2,4-13,16-17,20-21H2,1,3H3. The van der Waals surface area contributed by atoms with Crippen molar-refractivity contribution in [1.29, 1.82) is 0 Å². The summed E-state index contributed by atoms with van der Waals surface area (Å²) in [6.45, 7) is 6.62. The molecule has 1 N–H and O–H groups in total. The normalized spacial score (nSPS) is 25.2. The van der Waals surface area contributed by atoms with Crippen LogP contribution < -0.4 is 0 Å². The van der Waals surface area contributed by atoms with Crippen LogP contribution in [0, 0.1) is 23.7 Å². The predicted molar refractivity (Wildman–Crippen MR) is 146 cm³/mol. The number of halogens is 4. The van der Waals surface area contributed by atoms with Crippen molar-refractivity contribution in [2.24, 2.45) is 23.7 Å². The van der Waals surface area contributed by atoms with Gasteiger partial charge in [-0.1, -0.05) is 76.3 Å². The van der Waals surface area contributed by atoms with Gasteiger partial charge in [0.05, 0.1) is 6.61 Å². The number of unbranched alkanes of at least 4 members (excludes halogenated alkanes) is 2. The predicted octanol–water partition coefficient (Wildman–Crippen LogP) is 8.80. The monoisotopic (exact) mass is 554 g/mol. The summed E-state index contributed by atoms with van der Waals surface area (Å²) in [6, 6.07) is 4.59. The van der Waals surface area contributed by atoms with Gasteiger partial charge in [-0.3, -0.25) is 0 Å². The Morgan fingerprint density at radius 2 is 1.54 bits per heavy atom. The van der Waals surface area contributed by atoms with E-state index in [1.807, 2.05) is 0 Å². The molecular weight excluding hydrogens is 508 g/mol. The Bertz CT molecular complexity index is 914. The number of ether oxygens (including phenoxy) is 1. The quantitative estimate of drug-likeness (QED) is 0.115. The first kappa shape index (κ1) is 31.6. The highest BCUT2D eigenvalue weighted by Crippen LogP contribution is 2.53. The van der Waals surface area contributed by atoms with E-state index >= 15 is 17.6 Å². The molecule has 3 rings (SSSR count). The maximum Gasteiger partial charge on any atom is 0.335 e. The van der Waals surface area contributed by atoms with Gasteiger partial charge >= 0.3 is 17.8 Å². The Balaban J connectivity index is 1.55. The highest BCUT2D eigenvalue weighted by molar-refractivity contribution is 5.86. The number of hydrogen-bond donors (Lipinski definition) is 1. The van der Waals surface area contributed by atoms with Gasteiger partial charge in [0, 0.05) is 23.0 Å². The first-order valence-electron chi connectivity index (χ1n) is 14.8. The van der Waals surface area contributed by atoms with Crippen molar-refractivity contribution >= 4 is 5.97 Å². The number of carbonyl (C=O) groups excluding carboxylic acids is 1. The highest BCUT2D eigenvalue weighted by Gasteiger charge is 2.61. The number of aliphatic hydroxyl groups excluding tert-OH is 1. The fourth-order valence-corrected chi connectivity index (χ4v) is 6.55. The third-order valence-electron chi connectivity index (χ3n) is 9.21. The summed E-state index contributed by atoms with van der Waals surface area (Å²) in [4.78, 5) is 11.6. The lowest BCUT2D eigenvalue weighted by Gasteiger charge is -2.41. The van der Waals surface area contributed by atoms with Crippen molar-refractivity contribution in [2.75, 3.05) is 13.2 Å². The minimum absolute atomic E-state index is 0.127. The molecule has 0 heterocycles. The number of hydrogen-bond acceptors (Lipinski definition) is 3. The molecule has 220 valence electrons. The summed E-state index contributed by atoms with van der Waals surface area (Å²) < 4.78 is 66.1. The summed E-state index contributed by atoms with van der Waals surface area (Å²) in [7, 11) is 0. The third kappa shape index (κ3) is 7.86. The molecule has 0 amide bonds. The number of benzene rings is 1. The molecule has 2 aliphatic rings. The van der Waals surface area contributed by atoms with E-state index in [-0.39, 0.29) is 31.6 Å². The fraction of sp³-hybridized carbons (Fsp3) is 0.719. The molecule has 0 saturated heterocycles. The Labute approximate surface area is 231 Å². The minimum atomic E-state index is -4.30. The van der Waals surface area contributed by atoms with Crippen molar-refractivity contribution in [3.63, 3.8) is 0 Å². The van der Waals surface area contributed by atoms with Gasteiger partial charge in [0.25, 0.3) is 0 Å². The molecule has 7 heteroatoms. The van der Waals surface area contributed by atoms with Crippen molar-refractivity contribution < 1.29 is 32.2 Å². The van der Waals surface area contributed by atoms with E-state index in [4.69, 9.17) is 4.74 Å². The highest BCUT2D eigenvalue weighted by atomic mass is 19.3. The van der Waals surface area contributed by atoms with Crippen LogP contribution in [0.25, 0.3) is 0 Å². The number of rotatable bonds is 13. The van der Waals surface area contributed by atoms with Crippen LogP contribution in [0.5, 0.6) is 0 Å². The number of esters is 1. The Morgan fingerprint density at radius 1 is 0.974 bits per heavy atom. The summed E-state index contributed by atoms with van der Waals surface area (Å²) in [6.07, 6.45) is 11.3. The van der Waals surface area contributed by atoms with Crippen molar-refractivity contribution in [2.45, 2.75) is 109 Å². The third-order valence-corrected chi connectivity index (χ3v) is 9.21. The van der Waals surface area contributed by atoms with Gasteiger partial charge in [-0.15, -0.1) is 0 Å². The van der Waals surface area contributed by atoms with E-state index in [0.717, 1.165) is 30.9 Å². The van der Waals surface area contributed by atoms with E-state index in [1.165, 1.54) is 57.6 Å². The molecule has 39 heavy (non-hydrogen) atoms. The van der Waals surface area contributed by atoms with Crippen molar-refractivity contribution in [1.82, 2.24) is 0 Å². The zero-order valence-electron chi connectivity index (χ0n) is 23.6. The van der Waals surface area contributed by atoms with Crippen LogP contribution in [0.1, 0.15) is 108 Å². The number of aliphatic hydroxyl groups is 1. The van der Waals surface area contributed by atoms with E-state index in [2.05, 4.69) is 13.5 Å². The molecule has 0 radical (unpaired) electrons. The lowest BCUT2D eigenvalue weighted by Crippen LogP contribution is -2.46. The van der Waals surface area contributed by atoms with E-state index < -0.39 is 35.2 Å². The molecule has 3 nitrogen and oxygen atoms in total. The van der Waals surface area contributed by atoms with Crippen molar-refractivity contribution in [3.8, 4) is 0 Å². The number of alkyl halides is 4. The summed E-state index contributed by atoms with van der Waals surface area (Å²) in [5.41, 5.74) is -0.117. The van der Waals surface area contributed by atoms with Gasteiger partial charge in [-0.25, -0.2) is 4.79 Å². The van der Waals surface area contributed by atoms with Crippen LogP contribution in [-0.4, -0.2) is 30.2 Å². The molecule has 0 aromatic heterocycles. The zero-order valence-corrected chi connectivity index (χ0v) is 23.6. The SMILES string of the molecule is C=C(C)C(=O)OCC(CO)c1ccc(C(F)(F)C(F)(F)C2CCC(C3CCC(CCCCC)CC3)CC2)cc1. The molecule has 2 fully saturated rings. The van der Waals surface area contributed by atoms with Crippen LogP contribution in [0.3, 0.4) is 0 Å². The fourth-order valence-electron chi connectivity index (χ4n) is 6.55. The molecule has 1 unspecified atom stereocenters. The Kier molecular flexibility index (Phi) is 11.5. The van der Waals surface area contributed by atoms with Crippen LogP contribution in [0.4, 0.5) is 17.6 Å². The van der Waals surface area contributed by atoms with Crippen molar-refractivity contribution in [3.05, 3.63) is 47.5 Å². The minimum Gasteiger partial charge on any atom is -0.462 e. The summed E-state index contributed by atoms with van der Waals surface area (Å²) >= 11 is 0. The summed E-state index contributed by atoms with van der Waals surface area (Å²) in [5.74, 6) is -9.37. The molecule has 2 saturated carbocycles. The maximum absolute atomic E-state index is 15.3. The molecular formula is C32H46F4O3. The molecule has 0 spiro atoms. The van der Waals surface area contributed by atoms with Crippen LogP contribution in [-0.2, 0) is 15.5 Å². The molecule has 1 atom stereocenters. The zero-order chi connectivity index (χ0) is 28.6. The Hall–Kier alpha value is -1.89. The second kappa shape index (κ2) is 14.1. The average molecular weight is 555 g/mol. The maximum atomic E-state index is 15.3. The van der Waals surface area contributed by atoms with Gasteiger partial charge < -0.3 is 9.84 Å². The van der Waals surface area contributed by atoms with E-state index in [9.17, 15) is 9.90 Å².